The molecule has 0 aliphatic carbocycles. The van der Waals surface area contributed by atoms with Crippen LogP contribution in [0.1, 0.15) is 36.6 Å². The van der Waals surface area contributed by atoms with Crippen molar-refractivity contribution in [2.45, 2.75) is 31.4 Å². The van der Waals surface area contributed by atoms with Crippen molar-refractivity contribution in [3.63, 3.8) is 0 Å². The Hall–Kier alpha value is -3.30. The van der Waals surface area contributed by atoms with E-state index in [1.54, 1.807) is 42.3 Å². The van der Waals surface area contributed by atoms with Crippen molar-refractivity contribution >= 4 is 58.3 Å². The van der Waals surface area contributed by atoms with Crippen LogP contribution in [0.5, 0.6) is 5.75 Å². The van der Waals surface area contributed by atoms with Crippen molar-refractivity contribution in [1.82, 2.24) is 4.57 Å². The number of esters is 1. The molecule has 0 spiro atoms. The second-order valence-corrected chi connectivity index (χ2v) is 11.9. The number of ether oxygens (including phenoxy) is 2. The lowest BCUT2D eigenvalue weighted by Crippen LogP contribution is -2.39. The summed E-state index contributed by atoms with van der Waals surface area (Å²) >= 11 is 15.1. The van der Waals surface area contributed by atoms with Crippen LogP contribution < -0.4 is 19.6 Å². The van der Waals surface area contributed by atoms with Gasteiger partial charge in [0.15, 0.2) is 4.80 Å². The molecule has 3 aromatic carbocycles. The number of hydrogen-bond donors (Lipinski definition) is 0. The first-order chi connectivity index (χ1) is 19.8. The molecule has 0 amide bonds. The van der Waals surface area contributed by atoms with Gasteiger partial charge in [0.05, 0.1) is 28.5 Å². The zero-order valence-electron chi connectivity index (χ0n) is 22.5. The van der Waals surface area contributed by atoms with Gasteiger partial charge in [0.1, 0.15) is 12.4 Å². The number of fused-ring (bicyclic) bond motifs is 1. The third-order valence-electron chi connectivity index (χ3n) is 6.54. The first-order valence-electron chi connectivity index (χ1n) is 12.8. The van der Waals surface area contributed by atoms with Crippen LogP contribution in [-0.4, -0.2) is 23.4 Å². The Morgan fingerprint density at radius 2 is 1.83 bits per heavy atom. The molecule has 41 heavy (non-hydrogen) atoms. The minimum Gasteiger partial charge on any atom is -0.489 e. The molecule has 0 unspecified atom stereocenters. The van der Waals surface area contributed by atoms with E-state index in [1.165, 1.54) is 11.3 Å². The number of nitrogens with zero attached hydrogens (tertiary/aromatic N) is 2. The zero-order chi connectivity index (χ0) is 29.1. The van der Waals surface area contributed by atoms with E-state index >= 15 is 0 Å². The van der Waals surface area contributed by atoms with Crippen LogP contribution in [0.2, 0.25) is 10.0 Å². The molecule has 6 nitrogen and oxygen atoms in total. The lowest BCUT2D eigenvalue weighted by Gasteiger charge is -2.24. The predicted octanol–water partition coefficient (Wildman–Crippen LogP) is 6.41. The molecule has 210 valence electrons. The zero-order valence-corrected chi connectivity index (χ0v) is 25.7. The third kappa shape index (κ3) is 6.31. The normalized spacial score (nSPS) is 15.0. The Labute approximate surface area is 255 Å². The van der Waals surface area contributed by atoms with Crippen LogP contribution in [0.25, 0.3) is 6.08 Å². The van der Waals surface area contributed by atoms with Gasteiger partial charge in [0.25, 0.3) is 5.56 Å². The van der Waals surface area contributed by atoms with Crippen molar-refractivity contribution in [1.29, 1.82) is 0 Å². The minimum absolute atomic E-state index is 0.223. The lowest BCUT2D eigenvalue weighted by molar-refractivity contribution is -0.139. The summed E-state index contributed by atoms with van der Waals surface area (Å²) in [5.74, 6) is 0.190. The second kappa shape index (κ2) is 12.7. The Kier molecular flexibility index (Phi) is 9.04. The average Bonchev–Trinajstić information content (AvgIpc) is 3.26. The van der Waals surface area contributed by atoms with Crippen molar-refractivity contribution in [3.05, 3.63) is 124 Å². The fourth-order valence-corrected chi connectivity index (χ4v) is 6.42. The third-order valence-corrected chi connectivity index (χ3v) is 8.85. The number of rotatable bonds is 8. The van der Waals surface area contributed by atoms with E-state index in [4.69, 9.17) is 32.7 Å². The number of halogens is 2. The van der Waals surface area contributed by atoms with E-state index in [2.05, 4.69) is 4.99 Å². The Morgan fingerprint density at radius 1 is 1.10 bits per heavy atom. The van der Waals surface area contributed by atoms with Crippen molar-refractivity contribution in [3.8, 4) is 5.75 Å². The number of carbonyl (C=O) groups is 1. The number of carbonyl (C=O) groups excluding carboxylic acids is 1. The smallest absolute Gasteiger partial charge is 0.338 e. The summed E-state index contributed by atoms with van der Waals surface area (Å²) in [6.45, 7) is 4.07. The van der Waals surface area contributed by atoms with Crippen molar-refractivity contribution < 1.29 is 14.3 Å². The molecule has 10 heteroatoms. The predicted molar refractivity (Wildman–Crippen MR) is 166 cm³/mol. The highest BCUT2D eigenvalue weighted by Gasteiger charge is 2.33. The van der Waals surface area contributed by atoms with Gasteiger partial charge in [-0.25, -0.2) is 9.79 Å². The maximum atomic E-state index is 13.8. The van der Waals surface area contributed by atoms with E-state index in [0.717, 1.165) is 21.6 Å². The lowest BCUT2D eigenvalue weighted by atomic mass is 9.96. The van der Waals surface area contributed by atoms with Gasteiger partial charge in [-0.05, 0) is 73.7 Å². The summed E-state index contributed by atoms with van der Waals surface area (Å²) in [5.41, 5.74) is 3.16. The fraction of sp³-hybridized carbons (Fsp3) is 0.194. The highest BCUT2D eigenvalue weighted by Crippen LogP contribution is 2.31. The molecule has 0 saturated heterocycles. The summed E-state index contributed by atoms with van der Waals surface area (Å²) in [6, 6.07) is 19.9. The molecule has 0 saturated carbocycles. The highest BCUT2D eigenvalue weighted by atomic mass is 35.5. The summed E-state index contributed by atoms with van der Waals surface area (Å²) in [5, 5.41) is 1.12. The maximum Gasteiger partial charge on any atom is 0.338 e. The maximum absolute atomic E-state index is 13.8. The average molecular weight is 626 g/mol. The Bertz CT molecular complexity index is 1810. The molecule has 0 fully saturated rings. The van der Waals surface area contributed by atoms with Crippen LogP contribution in [0.3, 0.4) is 0 Å². The number of thiazole rings is 1. The number of thioether (sulfide) groups is 1. The van der Waals surface area contributed by atoms with Crippen molar-refractivity contribution in [2.24, 2.45) is 4.99 Å². The van der Waals surface area contributed by atoms with E-state index < -0.39 is 12.0 Å². The fourth-order valence-electron chi connectivity index (χ4n) is 4.50. The molecule has 5 rings (SSSR count). The molecular formula is C31H26Cl2N2O4S2. The summed E-state index contributed by atoms with van der Waals surface area (Å²) in [4.78, 5) is 33.1. The quantitative estimate of drug-likeness (QED) is 0.167. The summed E-state index contributed by atoms with van der Waals surface area (Å²) in [7, 11) is 0. The van der Waals surface area contributed by atoms with Gasteiger partial charge in [0, 0.05) is 20.5 Å². The van der Waals surface area contributed by atoms with E-state index in [1.807, 2.05) is 66.9 Å². The first kappa shape index (κ1) is 29.2. The molecule has 1 aliphatic heterocycles. The number of allylic oxidation sites excluding steroid dienone is 1. The molecular weight excluding hydrogens is 599 g/mol. The van der Waals surface area contributed by atoms with Crippen LogP contribution in [0, 0.1) is 0 Å². The molecule has 1 aliphatic rings. The summed E-state index contributed by atoms with van der Waals surface area (Å²) in [6.07, 6.45) is 3.82. The van der Waals surface area contributed by atoms with E-state index in [-0.39, 0.29) is 12.2 Å². The molecule has 4 aromatic rings. The molecule has 1 atom stereocenters. The molecule has 0 N–H and O–H groups in total. The van der Waals surface area contributed by atoms with Crippen LogP contribution >= 0.6 is 46.3 Å². The van der Waals surface area contributed by atoms with Gasteiger partial charge >= 0.3 is 5.97 Å². The van der Waals surface area contributed by atoms with Gasteiger partial charge in [-0.2, -0.15) is 0 Å². The van der Waals surface area contributed by atoms with Gasteiger partial charge < -0.3 is 9.47 Å². The molecule has 1 aromatic heterocycles. The van der Waals surface area contributed by atoms with Crippen LogP contribution in [-0.2, 0) is 16.1 Å². The highest BCUT2D eigenvalue weighted by molar-refractivity contribution is 7.98. The number of hydrogen-bond acceptors (Lipinski definition) is 7. The Balaban J connectivity index is 1.48. The molecule has 2 heterocycles. The van der Waals surface area contributed by atoms with Gasteiger partial charge in [-0.3, -0.25) is 9.36 Å². The van der Waals surface area contributed by atoms with Crippen LogP contribution in [0.15, 0.2) is 92.7 Å². The van der Waals surface area contributed by atoms with Crippen molar-refractivity contribution in [2.75, 3.05) is 12.9 Å². The van der Waals surface area contributed by atoms with Gasteiger partial charge in [-0.15, -0.1) is 11.8 Å². The largest absolute Gasteiger partial charge is 0.489 e. The minimum atomic E-state index is -0.640. The Morgan fingerprint density at radius 3 is 2.49 bits per heavy atom. The summed E-state index contributed by atoms with van der Waals surface area (Å²) < 4.78 is 13.4. The van der Waals surface area contributed by atoms with Gasteiger partial charge in [-0.1, -0.05) is 64.9 Å². The second-order valence-electron chi connectivity index (χ2n) is 9.17. The molecule has 0 bridgehead atoms. The monoisotopic (exact) mass is 624 g/mol. The van der Waals surface area contributed by atoms with E-state index in [9.17, 15) is 9.59 Å². The topological polar surface area (TPSA) is 69.9 Å². The number of benzene rings is 3. The van der Waals surface area contributed by atoms with Gasteiger partial charge in [0.2, 0.25) is 0 Å². The number of aromatic nitrogens is 1. The standard InChI is InChI=1S/C31H26Cl2N2O4S2/c1-4-38-30(37)27-18(2)34-31-35(28(27)20-8-13-24(40-3)14-9-20)29(36)26(41-31)15-19-5-11-23(12-6-19)39-17-21-7-10-22(32)16-25(21)33/h5-16,28H,4,17H2,1-3H3/b26-15-/t28-/m1/s1. The molecule has 0 radical (unpaired) electrons. The van der Waals surface area contributed by atoms with E-state index in [0.29, 0.717) is 43.0 Å². The SMILES string of the molecule is CCOC(=O)C1=C(C)N=c2s/c(=C\c3ccc(OCc4ccc(Cl)cc4Cl)cc3)c(=O)n2[C@@H]1c1ccc(SC)cc1. The first-order valence-corrected chi connectivity index (χ1v) is 15.6. The van der Waals surface area contributed by atoms with Crippen LogP contribution in [0.4, 0.5) is 0 Å².